The molecule has 3 aromatic rings. The standard InChI is InChI=1S/C19H19BrN2O2S/c1-24-16-5-3-2-4-13(16)11-22-14-9-18(20)25-17(14)8-15(22)19(23)21-10-12-6-7-12/h2-5,8-9,12H,6-7,10-11H2,1H3,(H,21,23). The molecule has 4 nitrogen and oxygen atoms in total. The van der Waals surface area contributed by atoms with Crippen molar-refractivity contribution in [1.29, 1.82) is 0 Å². The minimum atomic E-state index is 0.00122. The predicted molar refractivity (Wildman–Crippen MR) is 105 cm³/mol. The van der Waals surface area contributed by atoms with Gasteiger partial charge in [0.25, 0.3) is 5.91 Å². The third kappa shape index (κ3) is 3.46. The summed E-state index contributed by atoms with van der Waals surface area (Å²) in [7, 11) is 1.68. The van der Waals surface area contributed by atoms with Crippen LogP contribution in [0.2, 0.25) is 0 Å². The minimum Gasteiger partial charge on any atom is -0.496 e. The molecular weight excluding hydrogens is 400 g/mol. The van der Waals surface area contributed by atoms with Gasteiger partial charge in [-0.1, -0.05) is 18.2 Å². The number of aromatic nitrogens is 1. The van der Waals surface area contributed by atoms with E-state index in [9.17, 15) is 4.79 Å². The van der Waals surface area contributed by atoms with Crippen molar-refractivity contribution in [1.82, 2.24) is 9.88 Å². The lowest BCUT2D eigenvalue weighted by atomic mass is 10.2. The zero-order valence-electron chi connectivity index (χ0n) is 13.9. The quantitative estimate of drug-likeness (QED) is 0.632. The van der Waals surface area contributed by atoms with Crippen LogP contribution in [0, 0.1) is 5.92 Å². The van der Waals surface area contributed by atoms with Crippen LogP contribution in [0.1, 0.15) is 28.9 Å². The van der Waals surface area contributed by atoms with Crippen molar-refractivity contribution in [3.8, 4) is 5.75 Å². The van der Waals surface area contributed by atoms with E-state index in [1.165, 1.54) is 12.8 Å². The van der Waals surface area contributed by atoms with Crippen molar-refractivity contribution in [2.75, 3.05) is 13.7 Å². The summed E-state index contributed by atoms with van der Waals surface area (Å²) < 4.78 is 9.73. The molecule has 0 radical (unpaired) electrons. The zero-order valence-corrected chi connectivity index (χ0v) is 16.3. The largest absolute Gasteiger partial charge is 0.496 e. The van der Waals surface area contributed by atoms with Crippen LogP contribution in [0.3, 0.4) is 0 Å². The summed E-state index contributed by atoms with van der Waals surface area (Å²) in [4.78, 5) is 12.7. The molecule has 1 aromatic carbocycles. The number of hydrogen-bond acceptors (Lipinski definition) is 3. The summed E-state index contributed by atoms with van der Waals surface area (Å²) >= 11 is 5.20. The Bertz CT molecular complexity index is 927. The molecule has 1 fully saturated rings. The Kier molecular flexibility index (Phi) is 4.56. The van der Waals surface area contributed by atoms with Gasteiger partial charge in [0.2, 0.25) is 0 Å². The van der Waals surface area contributed by atoms with Gasteiger partial charge in [-0.25, -0.2) is 0 Å². The number of halogens is 1. The van der Waals surface area contributed by atoms with Crippen LogP contribution < -0.4 is 10.1 Å². The molecule has 0 unspecified atom stereocenters. The van der Waals surface area contributed by atoms with Crippen LogP contribution in [0.15, 0.2) is 40.2 Å². The maximum absolute atomic E-state index is 12.7. The fourth-order valence-corrected chi connectivity index (χ4v) is 4.59. The molecule has 6 heteroatoms. The third-order valence-electron chi connectivity index (χ3n) is 4.56. The van der Waals surface area contributed by atoms with E-state index >= 15 is 0 Å². The number of methoxy groups -OCH3 is 1. The molecular formula is C19H19BrN2O2S. The highest BCUT2D eigenvalue weighted by molar-refractivity contribution is 9.11. The average Bonchev–Trinajstić information content (AvgIpc) is 3.30. The van der Waals surface area contributed by atoms with Gasteiger partial charge < -0.3 is 14.6 Å². The number of nitrogens with one attached hydrogen (secondary N) is 1. The molecule has 1 aliphatic carbocycles. The van der Waals surface area contributed by atoms with Gasteiger partial charge in [-0.15, -0.1) is 11.3 Å². The van der Waals surface area contributed by atoms with Crippen LogP contribution >= 0.6 is 27.3 Å². The first-order valence-corrected chi connectivity index (χ1v) is 9.95. The molecule has 0 aliphatic heterocycles. The predicted octanol–water partition coefficient (Wildman–Crippen LogP) is 4.66. The molecule has 1 amide bonds. The first-order valence-electron chi connectivity index (χ1n) is 8.34. The second kappa shape index (κ2) is 6.84. The molecule has 2 aromatic heterocycles. The number of thiophene rings is 1. The number of benzene rings is 1. The molecule has 2 heterocycles. The summed E-state index contributed by atoms with van der Waals surface area (Å²) in [5.74, 6) is 1.50. The summed E-state index contributed by atoms with van der Waals surface area (Å²) in [5, 5.41) is 3.08. The van der Waals surface area contributed by atoms with Crippen molar-refractivity contribution in [2.45, 2.75) is 19.4 Å². The lowest BCUT2D eigenvalue weighted by molar-refractivity contribution is 0.0943. The van der Waals surface area contributed by atoms with Crippen LogP contribution in [-0.4, -0.2) is 24.1 Å². The Balaban J connectivity index is 1.71. The average molecular weight is 419 g/mol. The van der Waals surface area contributed by atoms with Gasteiger partial charge in [0.15, 0.2) is 0 Å². The zero-order chi connectivity index (χ0) is 17.4. The fourth-order valence-electron chi connectivity index (χ4n) is 3.02. The van der Waals surface area contributed by atoms with E-state index in [2.05, 4.69) is 31.9 Å². The molecule has 1 aliphatic rings. The Labute approximate surface area is 158 Å². The summed E-state index contributed by atoms with van der Waals surface area (Å²) in [5.41, 5.74) is 2.83. The topological polar surface area (TPSA) is 43.3 Å². The molecule has 0 saturated heterocycles. The van der Waals surface area contributed by atoms with Crippen LogP contribution in [0.25, 0.3) is 10.2 Å². The van der Waals surface area contributed by atoms with E-state index in [0.717, 1.165) is 31.9 Å². The molecule has 1 saturated carbocycles. The minimum absolute atomic E-state index is 0.00122. The van der Waals surface area contributed by atoms with Crippen molar-refractivity contribution in [2.24, 2.45) is 5.92 Å². The number of para-hydroxylation sites is 1. The third-order valence-corrected chi connectivity index (χ3v) is 6.14. The van der Waals surface area contributed by atoms with Gasteiger partial charge in [0, 0.05) is 12.1 Å². The first kappa shape index (κ1) is 16.7. The van der Waals surface area contributed by atoms with Crippen molar-refractivity contribution < 1.29 is 9.53 Å². The highest BCUT2D eigenvalue weighted by atomic mass is 79.9. The second-order valence-corrected chi connectivity index (χ2v) is 8.84. The van der Waals surface area contributed by atoms with Gasteiger partial charge in [0.05, 0.1) is 27.7 Å². The monoisotopic (exact) mass is 418 g/mol. The Morgan fingerprint density at radius 2 is 2.16 bits per heavy atom. The fraction of sp³-hybridized carbons (Fsp3) is 0.316. The van der Waals surface area contributed by atoms with Gasteiger partial charge >= 0.3 is 0 Å². The molecule has 25 heavy (non-hydrogen) atoms. The Hall–Kier alpha value is -1.79. The maximum atomic E-state index is 12.7. The number of amides is 1. The van der Waals surface area contributed by atoms with Gasteiger partial charge in [-0.3, -0.25) is 4.79 Å². The molecule has 0 spiro atoms. The number of nitrogens with zero attached hydrogens (tertiary/aromatic N) is 1. The molecule has 0 bridgehead atoms. The number of carbonyl (C=O) groups is 1. The lowest BCUT2D eigenvalue weighted by Gasteiger charge is -2.13. The molecule has 0 atom stereocenters. The maximum Gasteiger partial charge on any atom is 0.267 e. The normalized spacial score (nSPS) is 14.0. The second-order valence-electron chi connectivity index (χ2n) is 6.38. The van der Waals surface area contributed by atoms with Crippen LogP contribution in [0.5, 0.6) is 5.75 Å². The summed E-state index contributed by atoms with van der Waals surface area (Å²) in [6.45, 7) is 1.37. The summed E-state index contributed by atoms with van der Waals surface area (Å²) in [6, 6.07) is 12.0. The van der Waals surface area contributed by atoms with E-state index in [1.54, 1.807) is 18.4 Å². The lowest BCUT2D eigenvalue weighted by Crippen LogP contribution is -2.28. The Morgan fingerprint density at radius 1 is 1.36 bits per heavy atom. The van der Waals surface area contributed by atoms with E-state index < -0.39 is 0 Å². The molecule has 1 N–H and O–H groups in total. The number of ether oxygens (including phenoxy) is 1. The highest BCUT2D eigenvalue weighted by Crippen LogP contribution is 2.34. The number of carbonyl (C=O) groups excluding carboxylic acids is 1. The van der Waals surface area contributed by atoms with Crippen LogP contribution in [-0.2, 0) is 6.54 Å². The van der Waals surface area contributed by atoms with E-state index in [1.807, 2.05) is 30.3 Å². The molecule has 4 rings (SSSR count). The van der Waals surface area contributed by atoms with Gasteiger partial charge in [0.1, 0.15) is 11.4 Å². The van der Waals surface area contributed by atoms with E-state index in [0.29, 0.717) is 18.2 Å². The van der Waals surface area contributed by atoms with Crippen LogP contribution in [0.4, 0.5) is 0 Å². The summed E-state index contributed by atoms with van der Waals surface area (Å²) in [6.07, 6.45) is 2.45. The van der Waals surface area contributed by atoms with Crippen molar-refractivity contribution >= 4 is 43.4 Å². The smallest absolute Gasteiger partial charge is 0.267 e. The van der Waals surface area contributed by atoms with Gasteiger partial charge in [-0.05, 0) is 52.9 Å². The number of rotatable bonds is 6. The number of fused-ring (bicyclic) bond motifs is 1. The highest BCUT2D eigenvalue weighted by Gasteiger charge is 2.24. The van der Waals surface area contributed by atoms with Gasteiger partial charge in [-0.2, -0.15) is 0 Å². The van der Waals surface area contributed by atoms with E-state index in [4.69, 9.17) is 4.74 Å². The Morgan fingerprint density at radius 3 is 2.92 bits per heavy atom. The van der Waals surface area contributed by atoms with Crippen molar-refractivity contribution in [3.05, 3.63) is 51.4 Å². The number of hydrogen-bond donors (Lipinski definition) is 1. The molecule has 130 valence electrons. The van der Waals surface area contributed by atoms with Crippen molar-refractivity contribution in [3.63, 3.8) is 0 Å². The SMILES string of the molecule is COc1ccccc1Cn1c(C(=O)NCC2CC2)cc2sc(Br)cc21. The van der Waals surface area contributed by atoms with E-state index in [-0.39, 0.29) is 5.91 Å². The first-order chi connectivity index (χ1) is 12.2.